The van der Waals surface area contributed by atoms with Crippen molar-refractivity contribution in [1.82, 2.24) is 9.97 Å². The minimum Gasteiger partial charge on any atom is -0.309 e. The molecule has 3 nitrogen and oxygen atoms in total. The van der Waals surface area contributed by atoms with Crippen molar-refractivity contribution in [2.75, 3.05) is 4.90 Å². The first-order chi connectivity index (χ1) is 12.4. The summed E-state index contributed by atoms with van der Waals surface area (Å²) < 4.78 is 0. The fourth-order valence-electron chi connectivity index (χ4n) is 2.79. The maximum absolute atomic E-state index is 4.62. The number of hydrogen-bond acceptors (Lipinski definition) is 3. The Balaban J connectivity index is 1.75. The molecule has 2 aromatic heterocycles. The highest BCUT2D eigenvalue weighted by molar-refractivity contribution is 5.76. The van der Waals surface area contributed by atoms with Gasteiger partial charge in [0.1, 0.15) is 0 Å². The van der Waals surface area contributed by atoms with Gasteiger partial charge in [0, 0.05) is 17.6 Å². The van der Waals surface area contributed by atoms with Crippen LogP contribution in [-0.2, 0) is 0 Å². The van der Waals surface area contributed by atoms with E-state index in [0.29, 0.717) is 0 Å². The molecule has 0 N–H and O–H groups in total. The molecule has 0 aliphatic carbocycles. The van der Waals surface area contributed by atoms with E-state index < -0.39 is 0 Å². The lowest BCUT2D eigenvalue weighted by atomic mass is 10.2. The van der Waals surface area contributed by atoms with Crippen molar-refractivity contribution >= 4 is 17.1 Å². The molecule has 0 amide bonds. The first-order valence-corrected chi connectivity index (χ1v) is 8.19. The van der Waals surface area contributed by atoms with Crippen LogP contribution < -0.4 is 4.90 Å². The van der Waals surface area contributed by atoms with Gasteiger partial charge in [-0.15, -0.1) is 0 Å². The molecule has 0 aliphatic heterocycles. The second-order valence-corrected chi connectivity index (χ2v) is 5.62. The van der Waals surface area contributed by atoms with E-state index in [0.717, 1.165) is 28.5 Å². The minimum atomic E-state index is 0.866. The largest absolute Gasteiger partial charge is 0.309 e. The predicted octanol–water partition coefficient (Wildman–Crippen LogP) is 5.61. The highest BCUT2D eigenvalue weighted by Crippen LogP contribution is 2.34. The van der Waals surface area contributed by atoms with Crippen LogP contribution in [0.25, 0.3) is 11.4 Å². The molecule has 0 aliphatic rings. The van der Waals surface area contributed by atoms with E-state index in [1.165, 1.54) is 0 Å². The van der Waals surface area contributed by atoms with Gasteiger partial charge >= 0.3 is 0 Å². The Bertz CT molecular complexity index is 882. The molecule has 0 spiro atoms. The molecule has 120 valence electrons. The Labute approximate surface area is 147 Å². The second-order valence-electron chi connectivity index (χ2n) is 5.62. The van der Waals surface area contributed by atoms with E-state index in [-0.39, 0.29) is 0 Å². The highest BCUT2D eigenvalue weighted by Gasteiger charge is 2.12. The topological polar surface area (TPSA) is 29.0 Å². The van der Waals surface area contributed by atoms with Crippen molar-refractivity contribution in [3.8, 4) is 11.4 Å². The van der Waals surface area contributed by atoms with Gasteiger partial charge in [-0.1, -0.05) is 42.5 Å². The van der Waals surface area contributed by atoms with Crippen molar-refractivity contribution in [2.24, 2.45) is 0 Å². The fourth-order valence-corrected chi connectivity index (χ4v) is 2.79. The normalized spacial score (nSPS) is 10.4. The van der Waals surface area contributed by atoms with Gasteiger partial charge in [0.2, 0.25) is 0 Å². The van der Waals surface area contributed by atoms with Crippen molar-refractivity contribution in [3.05, 3.63) is 103 Å². The summed E-state index contributed by atoms with van der Waals surface area (Å²) in [5, 5.41) is 0. The SMILES string of the molecule is c1ccc(N(c2ccccc2)c2ccc(-c3ccccn3)nc2)cc1. The van der Waals surface area contributed by atoms with Crippen LogP contribution in [0.1, 0.15) is 0 Å². The third-order valence-electron chi connectivity index (χ3n) is 3.96. The molecular weight excluding hydrogens is 306 g/mol. The number of hydrogen-bond donors (Lipinski definition) is 0. The van der Waals surface area contributed by atoms with Crippen LogP contribution in [0.3, 0.4) is 0 Å². The summed E-state index contributed by atoms with van der Waals surface area (Å²) in [6.07, 6.45) is 3.68. The van der Waals surface area contributed by atoms with E-state index in [1.807, 2.05) is 66.9 Å². The Morgan fingerprint density at radius 3 is 1.60 bits per heavy atom. The monoisotopic (exact) mass is 323 g/mol. The summed E-state index contributed by atoms with van der Waals surface area (Å²) in [6, 6.07) is 30.5. The van der Waals surface area contributed by atoms with E-state index in [2.05, 4.69) is 45.2 Å². The number of aromatic nitrogens is 2. The van der Waals surface area contributed by atoms with Crippen LogP contribution in [-0.4, -0.2) is 9.97 Å². The molecule has 0 radical (unpaired) electrons. The van der Waals surface area contributed by atoms with E-state index in [1.54, 1.807) is 6.20 Å². The van der Waals surface area contributed by atoms with Gasteiger partial charge in [0.05, 0.1) is 23.3 Å². The summed E-state index contributed by atoms with van der Waals surface area (Å²) >= 11 is 0. The summed E-state index contributed by atoms with van der Waals surface area (Å²) in [7, 11) is 0. The molecule has 4 rings (SSSR count). The van der Waals surface area contributed by atoms with Crippen LogP contribution in [0.15, 0.2) is 103 Å². The first-order valence-electron chi connectivity index (χ1n) is 8.19. The van der Waals surface area contributed by atoms with Gasteiger partial charge in [-0.25, -0.2) is 0 Å². The third-order valence-corrected chi connectivity index (χ3v) is 3.96. The number of anilines is 3. The number of nitrogens with zero attached hydrogens (tertiary/aromatic N) is 3. The smallest absolute Gasteiger partial charge is 0.0887 e. The first kappa shape index (κ1) is 15.1. The maximum Gasteiger partial charge on any atom is 0.0887 e. The molecule has 0 atom stereocenters. The van der Waals surface area contributed by atoms with Crippen molar-refractivity contribution < 1.29 is 0 Å². The van der Waals surface area contributed by atoms with Crippen LogP contribution in [0.2, 0.25) is 0 Å². The fraction of sp³-hybridized carbons (Fsp3) is 0. The summed E-state index contributed by atoms with van der Waals surface area (Å²) in [5.41, 5.74) is 4.95. The molecule has 0 bridgehead atoms. The number of para-hydroxylation sites is 2. The quantitative estimate of drug-likeness (QED) is 0.488. The maximum atomic E-state index is 4.62. The molecule has 0 unspecified atom stereocenters. The van der Waals surface area contributed by atoms with Gasteiger partial charge in [-0.2, -0.15) is 0 Å². The molecule has 0 fully saturated rings. The molecular formula is C22H17N3. The average Bonchev–Trinajstić information content (AvgIpc) is 2.71. The molecule has 2 aromatic carbocycles. The Kier molecular flexibility index (Phi) is 4.21. The van der Waals surface area contributed by atoms with E-state index in [9.17, 15) is 0 Å². The zero-order valence-corrected chi connectivity index (χ0v) is 13.7. The Morgan fingerprint density at radius 1 is 0.480 bits per heavy atom. The van der Waals surface area contributed by atoms with Crippen LogP contribution in [0.5, 0.6) is 0 Å². The van der Waals surface area contributed by atoms with Crippen LogP contribution in [0, 0.1) is 0 Å². The molecule has 2 heterocycles. The van der Waals surface area contributed by atoms with Crippen molar-refractivity contribution in [2.45, 2.75) is 0 Å². The standard InChI is InChI=1S/C22H17N3/c1-3-9-18(10-4-1)25(19-11-5-2-6-12-19)20-14-15-22(24-17-20)21-13-7-8-16-23-21/h1-17H. The lowest BCUT2D eigenvalue weighted by Gasteiger charge is -2.25. The number of pyridine rings is 2. The number of benzene rings is 2. The second kappa shape index (κ2) is 6.97. The van der Waals surface area contributed by atoms with Gasteiger partial charge in [-0.3, -0.25) is 9.97 Å². The summed E-state index contributed by atoms with van der Waals surface area (Å²) in [6.45, 7) is 0. The van der Waals surface area contributed by atoms with Gasteiger partial charge in [0.15, 0.2) is 0 Å². The van der Waals surface area contributed by atoms with Gasteiger partial charge < -0.3 is 4.90 Å². The molecule has 0 saturated carbocycles. The lowest BCUT2D eigenvalue weighted by molar-refractivity contribution is 1.21. The summed E-state index contributed by atoms with van der Waals surface area (Å²) in [5.74, 6) is 0. The van der Waals surface area contributed by atoms with Gasteiger partial charge in [-0.05, 0) is 48.5 Å². The average molecular weight is 323 g/mol. The zero-order chi connectivity index (χ0) is 16.9. The van der Waals surface area contributed by atoms with Crippen LogP contribution >= 0.6 is 0 Å². The molecule has 3 heteroatoms. The zero-order valence-electron chi connectivity index (χ0n) is 13.7. The van der Waals surface area contributed by atoms with E-state index in [4.69, 9.17) is 0 Å². The van der Waals surface area contributed by atoms with E-state index >= 15 is 0 Å². The van der Waals surface area contributed by atoms with Crippen molar-refractivity contribution in [1.29, 1.82) is 0 Å². The molecule has 0 saturated heterocycles. The Morgan fingerprint density at radius 2 is 1.08 bits per heavy atom. The lowest BCUT2D eigenvalue weighted by Crippen LogP contribution is -2.10. The third kappa shape index (κ3) is 3.26. The predicted molar refractivity (Wildman–Crippen MR) is 102 cm³/mol. The molecule has 25 heavy (non-hydrogen) atoms. The van der Waals surface area contributed by atoms with Crippen molar-refractivity contribution in [3.63, 3.8) is 0 Å². The Hall–Kier alpha value is -3.46. The number of rotatable bonds is 4. The van der Waals surface area contributed by atoms with Crippen LogP contribution in [0.4, 0.5) is 17.1 Å². The highest BCUT2D eigenvalue weighted by atomic mass is 15.1. The minimum absolute atomic E-state index is 0.866. The van der Waals surface area contributed by atoms with Gasteiger partial charge in [0.25, 0.3) is 0 Å². The molecule has 4 aromatic rings. The summed E-state index contributed by atoms with van der Waals surface area (Å²) in [4.78, 5) is 11.2.